The van der Waals surface area contributed by atoms with Crippen LogP contribution in [0.2, 0.25) is 0 Å². The number of likely N-dealkylation sites (tertiary alicyclic amines) is 1. The van der Waals surface area contributed by atoms with E-state index in [4.69, 9.17) is 5.73 Å². The number of rotatable bonds is 4. The standard InChI is InChI=1S/C15H21N3O2.ClH/c1-11-7-12(8-16)10-18(11)14(19)9-17-15(20)13-5-3-2-4-6-13;/h2-6,11-12H,7-10,16H2,1H3,(H,17,20);1H. The largest absolute Gasteiger partial charge is 0.343 e. The van der Waals surface area contributed by atoms with Crippen LogP contribution in [0.3, 0.4) is 0 Å². The highest BCUT2D eigenvalue weighted by molar-refractivity contribution is 5.96. The number of nitrogens with one attached hydrogen (secondary N) is 1. The van der Waals surface area contributed by atoms with Gasteiger partial charge in [0.2, 0.25) is 5.91 Å². The zero-order valence-electron chi connectivity index (χ0n) is 12.1. The van der Waals surface area contributed by atoms with E-state index in [9.17, 15) is 9.59 Å². The van der Waals surface area contributed by atoms with Gasteiger partial charge in [-0.3, -0.25) is 9.59 Å². The van der Waals surface area contributed by atoms with Gasteiger partial charge in [0.15, 0.2) is 0 Å². The summed E-state index contributed by atoms with van der Waals surface area (Å²) in [5, 5.41) is 2.67. The van der Waals surface area contributed by atoms with Gasteiger partial charge in [0.05, 0.1) is 6.54 Å². The average Bonchev–Trinajstić information content (AvgIpc) is 2.86. The first kappa shape index (κ1) is 17.5. The van der Waals surface area contributed by atoms with Gasteiger partial charge in [-0.05, 0) is 37.9 Å². The van der Waals surface area contributed by atoms with Gasteiger partial charge in [-0.25, -0.2) is 0 Å². The van der Waals surface area contributed by atoms with Crippen LogP contribution in [-0.4, -0.2) is 42.4 Å². The maximum atomic E-state index is 12.1. The van der Waals surface area contributed by atoms with Gasteiger partial charge in [-0.1, -0.05) is 18.2 Å². The van der Waals surface area contributed by atoms with Crippen LogP contribution in [0.5, 0.6) is 0 Å². The second-order valence-corrected chi connectivity index (χ2v) is 5.28. The van der Waals surface area contributed by atoms with Crippen molar-refractivity contribution in [3.8, 4) is 0 Å². The molecule has 0 saturated carbocycles. The first-order valence-corrected chi connectivity index (χ1v) is 6.94. The van der Waals surface area contributed by atoms with Gasteiger partial charge in [-0.15, -0.1) is 12.4 Å². The van der Waals surface area contributed by atoms with Crippen molar-refractivity contribution >= 4 is 24.2 Å². The van der Waals surface area contributed by atoms with Crippen molar-refractivity contribution in [2.45, 2.75) is 19.4 Å². The SMILES string of the molecule is CC1CC(CN)CN1C(=O)CNC(=O)c1ccccc1.Cl. The van der Waals surface area contributed by atoms with E-state index in [2.05, 4.69) is 5.32 Å². The first-order chi connectivity index (χ1) is 9.61. The van der Waals surface area contributed by atoms with E-state index in [0.717, 1.165) is 6.42 Å². The third-order valence-electron chi connectivity index (χ3n) is 3.75. The van der Waals surface area contributed by atoms with Gasteiger partial charge in [-0.2, -0.15) is 0 Å². The maximum absolute atomic E-state index is 12.1. The average molecular weight is 312 g/mol. The van der Waals surface area contributed by atoms with Gasteiger partial charge < -0.3 is 16.0 Å². The second-order valence-electron chi connectivity index (χ2n) is 5.28. The maximum Gasteiger partial charge on any atom is 0.251 e. The van der Waals surface area contributed by atoms with Crippen LogP contribution in [0.4, 0.5) is 0 Å². The van der Waals surface area contributed by atoms with E-state index < -0.39 is 0 Å². The fourth-order valence-corrected chi connectivity index (χ4v) is 2.61. The highest BCUT2D eigenvalue weighted by atomic mass is 35.5. The number of carbonyl (C=O) groups excluding carboxylic acids is 2. The number of nitrogens with zero attached hydrogens (tertiary/aromatic N) is 1. The van der Waals surface area contributed by atoms with Crippen molar-refractivity contribution in [2.75, 3.05) is 19.6 Å². The molecule has 0 aliphatic carbocycles. The second kappa shape index (κ2) is 8.00. The first-order valence-electron chi connectivity index (χ1n) is 6.94. The third-order valence-corrected chi connectivity index (χ3v) is 3.75. The molecule has 5 nitrogen and oxygen atoms in total. The minimum absolute atomic E-state index is 0. The molecular formula is C15H22ClN3O2. The Balaban J connectivity index is 0.00000220. The molecule has 3 N–H and O–H groups in total. The van der Waals surface area contributed by atoms with Crippen LogP contribution in [-0.2, 0) is 4.79 Å². The van der Waals surface area contributed by atoms with E-state index in [1.165, 1.54) is 0 Å². The van der Waals surface area contributed by atoms with Crippen molar-refractivity contribution < 1.29 is 9.59 Å². The topological polar surface area (TPSA) is 75.4 Å². The van der Waals surface area contributed by atoms with Crippen molar-refractivity contribution in [1.29, 1.82) is 0 Å². The molecule has 1 aromatic rings. The summed E-state index contributed by atoms with van der Waals surface area (Å²) in [7, 11) is 0. The number of amides is 2. The summed E-state index contributed by atoms with van der Waals surface area (Å²) in [4.78, 5) is 25.8. The summed E-state index contributed by atoms with van der Waals surface area (Å²) < 4.78 is 0. The highest BCUT2D eigenvalue weighted by Crippen LogP contribution is 2.21. The smallest absolute Gasteiger partial charge is 0.251 e. The molecule has 2 unspecified atom stereocenters. The zero-order chi connectivity index (χ0) is 14.5. The summed E-state index contributed by atoms with van der Waals surface area (Å²) in [6.07, 6.45) is 0.939. The Labute approximate surface area is 131 Å². The molecule has 0 aromatic heterocycles. The van der Waals surface area contributed by atoms with Crippen LogP contribution in [0.1, 0.15) is 23.7 Å². The molecule has 1 heterocycles. The number of hydrogen-bond donors (Lipinski definition) is 2. The molecule has 1 fully saturated rings. The van der Waals surface area contributed by atoms with Gasteiger partial charge in [0.25, 0.3) is 5.91 Å². The van der Waals surface area contributed by atoms with Crippen LogP contribution in [0.25, 0.3) is 0 Å². The van der Waals surface area contributed by atoms with Crippen molar-refractivity contribution in [3.05, 3.63) is 35.9 Å². The highest BCUT2D eigenvalue weighted by Gasteiger charge is 2.31. The van der Waals surface area contributed by atoms with E-state index in [-0.39, 0.29) is 36.8 Å². The van der Waals surface area contributed by atoms with Crippen molar-refractivity contribution in [1.82, 2.24) is 10.2 Å². The molecule has 21 heavy (non-hydrogen) atoms. The summed E-state index contributed by atoms with van der Waals surface area (Å²) in [6.45, 7) is 3.35. The Kier molecular flexibility index (Phi) is 6.65. The van der Waals surface area contributed by atoms with Gasteiger partial charge >= 0.3 is 0 Å². The van der Waals surface area contributed by atoms with Crippen LogP contribution < -0.4 is 11.1 Å². The molecule has 2 atom stereocenters. The molecular weight excluding hydrogens is 290 g/mol. The molecule has 6 heteroatoms. The number of halogens is 1. The van der Waals surface area contributed by atoms with Crippen molar-refractivity contribution in [2.24, 2.45) is 11.7 Å². The quantitative estimate of drug-likeness (QED) is 0.872. The van der Waals surface area contributed by atoms with E-state index in [1.54, 1.807) is 24.3 Å². The molecule has 0 radical (unpaired) electrons. The Bertz CT molecular complexity index is 481. The van der Waals surface area contributed by atoms with Crippen LogP contribution in [0, 0.1) is 5.92 Å². The fraction of sp³-hybridized carbons (Fsp3) is 0.467. The third kappa shape index (κ3) is 4.44. The molecule has 1 aliphatic rings. The number of nitrogens with two attached hydrogens (primary N) is 1. The summed E-state index contributed by atoms with van der Waals surface area (Å²) in [5.74, 6) is 0.109. The molecule has 1 aromatic carbocycles. The monoisotopic (exact) mass is 311 g/mol. The van der Waals surface area contributed by atoms with Gasteiger partial charge in [0, 0.05) is 18.2 Å². The Morgan fingerprint density at radius 3 is 2.57 bits per heavy atom. The molecule has 116 valence electrons. The number of benzene rings is 1. The van der Waals surface area contributed by atoms with Crippen molar-refractivity contribution in [3.63, 3.8) is 0 Å². The fourth-order valence-electron chi connectivity index (χ4n) is 2.61. The number of carbonyl (C=O) groups is 2. The van der Waals surface area contributed by atoms with Crippen LogP contribution >= 0.6 is 12.4 Å². The molecule has 1 saturated heterocycles. The Hall–Kier alpha value is -1.59. The predicted octanol–water partition coefficient (Wildman–Crippen LogP) is 1.03. The van der Waals surface area contributed by atoms with Gasteiger partial charge in [0.1, 0.15) is 0 Å². The van der Waals surface area contributed by atoms with E-state index in [1.807, 2.05) is 17.9 Å². The molecule has 0 spiro atoms. The van der Waals surface area contributed by atoms with Crippen LogP contribution in [0.15, 0.2) is 30.3 Å². The lowest BCUT2D eigenvalue weighted by atomic mass is 10.1. The molecule has 2 amide bonds. The lowest BCUT2D eigenvalue weighted by molar-refractivity contribution is -0.130. The minimum atomic E-state index is -0.221. The summed E-state index contributed by atoms with van der Waals surface area (Å²) >= 11 is 0. The Morgan fingerprint density at radius 2 is 2.00 bits per heavy atom. The zero-order valence-corrected chi connectivity index (χ0v) is 12.9. The number of hydrogen-bond acceptors (Lipinski definition) is 3. The Morgan fingerprint density at radius 1 is 1.33 bits per heavy atom. The lowest BCUT2D eigenvalue weighted by Crippen LogP contribution is -2.42. The van der Waals surface area contributed by atoms with E-state index >= 15 is 0 Å². The normalized spacial score (nSPS) is 20.8. The molecule has 2 rings (SSSR count). The summed E-state index contributed by atoms with van der Waals surface area (Å²) in [6, 6.07) is 9.09. The molecule has 0 bridgehead atoms. The minimum Gasteiger partial charge on any atom is -0.343 e. The molecule has 1 aliphatic heterocycles. The summed E-state index contributed by atoms with van der Waals surface area (Å²) in [5.41, 5.74) is 6.21. The van der Waals surface area contributed by atoms with E-state index in [0.29, 0.717) is 24.6 Å². The predicted molar refractivity (Wildman–Crippen MR) is 84.4 cm³/mol. The lowest BCUT2D eigenvalue weighted by Gasteiger charge is -2.21.